The lowest BCUT2D eigenvalue weighted by Crippen LogP contribution is -2.18. The van der Waals surface area contributed by atoms with Crippen molar-refractivity contribution >= 4 is 11.7 Å². The minimum atomic E-state index is -0.900. The highest BCUT2D eigenvalue weighted by molar-refractivity contribution is 5.89. The van der Waals surface area contributed by atoms with Crippen molar-refractivity contribution in [3.05, 3.63) is 122 Å². The molecule has 0 unspecified atom stereocenters. The Labute approximate surface area is 211 Å². The summed E-state index contributed by atoms with van der Waals surface area (Å²) in [6.07, 6.45) is 1.77. The third kappa shape index (κ3) is 6.73. The van der Waals surface area contributed by atoms with Crippen LogP contribution in [-0.4, -0.2) is 27.3 Å². The highest BCUT2D eigenvalue weighted by Gasteiger charge is 2.14. The van der Waals surface area contributed by atoms with Crippen molar-refractivity contribution in [2.75, 3.05) is 12.8 Å². The summed E-state index contributed by atoms with van der Waals surface area (Å²) in [6.45, 7) is 7.87. The van der Waals surface area contributed by atoms with E-state index in [1.165, 1.54) is 11.1 Å². The summed E-state index contributed by atoms with van der Waals surface area (Å²) in [6, 6.07) is 20.8. The van der Waals surface area contributed by atoms with Crippen LogP contribution >= 0.6 is 0 Å². The van der Waals surface area contributed by atoms with Crippen molar-refractivity contribution in [2.24, 2.45) is 0 Å². The van der Waals surface area contributed by atoms with E-state index in [1.807, 2.05) is 67.9 Å². The number of nitrogens with one attached hydrogen (secondary N) is 1. The number of pyridine rings is 1. The van der Waals surface area contributed by atoms with E-state index in [1.54, 1.807) is 29.0 Å². The number of hydrogen-bond acceptors (Lipinski definition) is 4. The molecule has 0 spiro atoms. The Balaban J connectivity index is 0.000000275. The second-order valence-electron chi connectivity index (χ2n) is 8.88. The van der Waals surface area contributed by atoms with Gasteiger partial charge in [-0.1, -0.05) is 36.4 Å². The number of carboxylic acids is 1. The molecule has 36 heavy (non-hydrogen) atoms. The molecule has 0 saturated heterocycles. The molecule has 188 valence electrons. The molecule has 7 heteroatoms. The van der Waals surface area contributed by atoms with Crippen LogP contribution in [0.2, 0.25) is 0 Å². The van der Waals surface area contributed by atoms with E-state index in [9.17, 15) is 14.7 Å². The van der Waals surface area contributed by atoms with Gasteiger partial charge < -0.3 is 25.3 Å². The Bertz CT molecular complexity index is 1380. The fourth-order valence-corrected chi connectivity index (χ4v) is 4.09. The summed E-state index contributed by atoms with van der Waals surface area (Å²) in [5.74, 6) is -0.900. The molecular formula is C29H34N4O3. The first-order chi connectivity index (χ1) is 17.2. The van der Waals surface area contributed by atoms with Gasteiger partial charge in [0.05, 0.1) is 12.1 Å². The number of anilines is 1. The zero-order valence-corrected chi connectivity index (χ0v) is 21.3. The molecule has 0 aliphatic heterocycles. The number of nitrogen functional groups attached to an aromatic ring is 1. The smallest absolute Gasteiger partial charge is 0.337 e. The Morgan fingerprint density at radius 3 is 2.17 bits per heavy atom. The number of carbonyl (C=O) groups is 1. The molecule has 0 bridgehead atoms. The molecule has 0 radical (unpaired) electrons. The summed E-state index contributed by atoms with van der Waals surface area (Å²) in [7, 11) is 1.94. The molecule has 0 fully saturated rings. The average molecular weight is 487 g/mol. The lowest BCUT2D eigenvalue weighted by Gasteiger charge is -2.11. The summed E-state index contributed by atoms with van der Waals surface area (Å²) in [5, 5.41) is 12.3. The first-order valence-electron chi connectivity index (χ1n) is 11.8. The van der Waals surface area contributed by atoms with E-state index in [0.717, 1.165) is 34.7 Å². The quantitative estimate of drug-likeness (QED) is 0.337. The topological polar surface area (TPSA) is 102 Å². The summed E-state index contributed by atoms with van der Waals surface area (Å²) < 4.78 is 3.66. The summed E-state index contributed by atoms with van der Waals surface area (Å²) in [5.41, 5.74) is 13.1. The number of nitrogens with two attached hydrogens (primary N) is 1. The van der Waals surface area contributed by atoms with Gasteiger partial charge in [0.25, 0.3) is 5.56 Å². The van der Waals surface area contributed by atoms with E-state index in [0.29, 0.717) is 18.7 Å². The van der Waals surface area contributed by atoms with Gasteiger partial charge in [-0.15, -0.1) is 0 Å². The van der Waals surface area contributed by atoms with Crippen LogP contribution in [0.15, 0.2) is 77.7 Å². The molecule has 7 nitrogen and oxygen atoms in total. The highest BCUT2D eigenvalue weighted by atomic mass is 16.4. The van der Waals surface area contributed by atoms with Crippen molar-refractivity contribution in [2.45, 2.75) is 40.4 Å². The molecule has 2 aromatic carbocycles. The lowest BCUT2D eigenvalue weighted by atomic mass is 10.1. The SMILES string of the molecule is CNCc1ccc(N)cc1C.Cc1cc(C(=O)O)c(C)n1Cc1ccc(Cn2ccccc2=O)cc1. The molecule has 0 saturated carbocycles. The van der Waals surface area contributed by atoms with Crippen LogP contribution in [-0.2, 0) is 19.6 Å². The van der Waals surface area contributed by atoms with Gasteiger partial charge in [-0.2, -0.15) is 0 Å². The van der Waals surface area contributed by atoms with Crippen LogP contribution in [0.25, 0.3) is 0 Å². The van der Waals surface area contributed by atoms with Crippen molar-refractivity contribution < 1.29 is 9.90 Å². The number of hydrogen-bond donors (Lipinski definition) is 3. The minimum Gasteiger partial charge on any atom is -0.478 e. The normalized spacial score (nSPS) is 10.6. The van der Waals surface area contributed by atoms with Gasteiger partial charge in [0.2, 0.25) is 0 Å². The van der Waals surface area contributed by atoms with Gasteiger partial charge in [-0.05, 0) is 74.3 Å². The number of nitrogens with zero attached hydrogens (tertiary/aromatic N) is 2. The van der Waals surface area contributed by atoms with Crippen LogP contribution in [0.1, 0.15) is 44.0 Å². The molecule has 4 rings (SSSR count). The zero-order valence-electron chi connectivity index (χ0n) is 21.3. The van der Waals surface area contributed by atoms with Crippen LogP contribution in [0, 0.1) is 20.8 Å². The van der Waals surface area contributed by atoms with Gasteiger partial charge in [0.15, 0.2) is 0 Å². The zero-order chi connectivity index (χ0) is 26.2. The Morgan fingerprint density at radius 1 is 0.944 bits per heavy atom. The minimum absolute atomic E-state index is 0.0219. The summed E-state index contributed by atoms with van der Waals surface area (Å²) in [4.78, 5) is 23.0. The third-order valence-corrected chi connectivity index (χ3v) is 6.15. The lowest BCUT2D eigenvalue weighted by molar-refractivity contribution is 0.0696. The van der Waals surface area contributed by atoms with Gasteiger partial charge in [-0.25, -0.2) is 4.79 Å². The number of carboxylic acid groups (broad SMARTS) is 1. The predicted molar refractivity (Wildman–Crippen MR) is 145 cm³/mol. The van der Waals surface area contributed by atoms with E-state index < -0.39 is 5.97 Å². The number of aryl methyl sites for hydroxylation is 2. The molecular weight excluding hydrogens is 452 g/mol. The van der Waals surface area contributed by atoms with E-state index >= 15 is 0 Å². The van der Waals surface area contributed by atoms with Gasteiger partial charge >= 0.3 is 5.97 Å². The number of rotatable bonds is 7. The van der Waals surface area contributed by atoms with Crippen molar-refractivity contribution in [1.29, 1.82) is 0 Å². The molecule has 0 aliphatic carbocycles. The van der Waals surface area contributed by atoms with Crippen molar-refractivity contribution in [3.8, 4) is 0 Å². The van der Waals surface area contributed by atoms with Crippen molar-refractivity contribution in [3.63, 3.8) is 0 Å². The second kappa shape index (κ2) is 12.0. The third-order valence-electron chi connectivity index (χ3n) is 6.15. The maximum absolute atomic E-state index is 11.8. The monoisotopic (exact) mass is 486 g/mol. The van der Waals surface area contributed by atoms with Gasteiger partial charge in [0.1, 0.15) is 0 Å². The largest absolute Gasteiger partial charge is 0.478 e. The standard InChI is InChI=1S/C20H20N2O3.C9H14N2/c1-14-11-18(20(24)25)15(2)22(14)13-17-8-6-16(7-9-17)12-21-10-4-3-5-19(21)23;1-7-5-9(10)4-3-8(7)6-11-2/h3-11H,12-13H2,1-2H3,(H,24,25);3-5,11H,6,10H2,1-2H3. The highest BCUT2D eigenvalue weighted by Crippen LogP contribution is 2.18. The molecule has 0 atom stereocenters. The maximum Gasteiger partial charge on any atom is 0.337 e. The maximum atomic E-state index is 11.8. The number of benzene rings is 2. The van der Waals surface area contributed by atoms with Crippen LogP contribution < -0.4 is 16.6 Å². The molecule has 2 heterocycles. The predicted octanol–water partition coefficient (Wildman–Crippen LogP) is 4.36. The molecule has 0 aliphatic rings. The van der Waals surface area contributed by atoms with Crippen molar-refractivity contribution in [1.82, 2.24) is 14.5 Å². The van der Waals surface area contributed by atoms with Gasteiger partial charge in [0, 0.05) is 42.4 Å². The first-order valence-corrected chi connectivity index (χ1v) is 11.8. The average Bonchev–Trinajstić information content (AvgIpc) is 3.13. The molecule has 4 N–H and O–H groups in total. The van der Waals surface area contributed by atoms with E-state index in [-0.39, 0.29) is 5.56 Å². The van der Waals surface area contributed by atoms with Crippen LogP contribution in [0.4, 0.5) is 5.69 Å². The fourth-order valence-electron chi connectivity index (χ4n) is 4.09. The number of aromatic carboxylic acids is 1. The summed E-state index contributed by atoms with van der Waals surface area (Å²) >= 11 is 0. The van der Waals surface area contributed by atoms with Crippen LogP contribution in [0.5, 0.6) is 0 Å². The second-order valence-corrected chi connectivity index (χ2v) is 8.88. The first kappa shape index (κ1) is 26.5. The van der Waals surface area contributed by atoms with Gasteiger partial charge in [-0.3, -0.25) is 4.79 Å². The van der Waals surface area contributed by atoms with E-state index in [4.69, 9.17) is 5.73 Å². The van der Waals surface area contributed by atoms with Crippen LogP contribution in [0.3, 0.4) is 0 Å². The Kier molecular flexibility index (Phi) is 8.86. The molecule has 2 aromatic heterocycles. The number of aromatic nitrogens is 2. The fraction of sp³-hybridized carbons (Fsp3) is 0.241. The molecule has 4 aromatic rings. The molecule has 0 amide bonds. The van der Waals surface area contributed by atoms with E-state index in [2.05, 4.69) is 18.3 Å². The Hall–Kier alpha value is -4.10. The Morgan fingerprint density at radius 2 is 1.61 bits per heavy atom.